The van der Waals surface area contributed by atoms with Crippen molar-refractivity contribution in [1.29, 1.82) is 0 Å². The summed E-state index contributed by atoms with van der Waals surface area (Å²) in [6, 6.07) is 6.40. The summed E-state index contributed by atoms with van der Waals surface area (Å²) in [4.78, 5) is -0.801. The third-order valence-electron chi connectivity index (χ3n) is 2.59. The average Bonchev–Trinajstić information content (AvgIpc) is 2.41. The third-order valence-corrected chi connectivity index (χ3v) is 4.20. The van der Waals surface area contributed by atoms with Crippen molar-refractivity contribution in [3.8, 4) is 5.75 Å². The molecule has 0 amide bonds. The molecule has 0 aromatic heterocycles. The Kier molecular flexibility index (Phi) is 4.34. The molecule has 0 atom stereocenters. The van der Waals surface area contributed by atoms with E-state index < -0.39 is 26.6 Å². The topological polar surface area (TPSA) is 55.4 Å². The molecular formula is C13H10ClF2NO3S. The van der Waals surface area contributed by atoms with Gasteiger partial charge in [0.25, 0.3) is 10.0 Å². The summed E-state index contributed by atoms with van der Waals surface area (Å²) in [5.74, 6) is -1.74. The van der Waals surface area contributed by atoms with Gasteiger partial charge in [0.15, 0.2) is 0 Å². The first-order chi connectivity index (χ1) is 9.83. The van der Waals surface area contributed by atoms with E-state index in [4.69, 9.17) is 16.3 Å². The van der Waals surface area contributed by atoms with E-state index in [9.17, 15) is 17.2 Å². The van der Waals surface area contributed by atoms with Crippen LogP contribution in [0.3, 0.4) is 0 Å². The van der Waals surface area contributed by atoms with Crippen molar-refractivity contribution in [2.24, 2.45) is 0 Å². The first-order valence-corrected chi connectivity index (χ1v) is 7.51. The molecule has 0 spiro atoms. The fourth-order valence-electron chi connectivity index (χ4n) is 1.64. The number of methoxy groups -OCH3 is 1. The summed E-state index contributed by atoms with van der Waals surface area (Å²) in [6.07, 6.45) is 0. The Hall–Kier alpha value is -1.86. The van der Waals surface area contributed by atoms with Gasteiger partial charge in [0, 0.05) is 5.02 Å². The van der Waals surface area contributed by atoms with Gasteiger partial charge in [-0.1, -0.05) is 11.6 Å². The molecule has 0 aliphatic heterocycles. The van der Waals surface area contributed by atoms with E-state index >= 15 is 0 Å². The van der Waals surface area contributed by atoms with E-state index in [0.717, 1.165) is 12.1 Å². The molecule has 8 heteroatoms. The number of nitrogens with one attached hydrogen (secondary N) is 1. The Morgan fingerprint density at radius 1 is 1.14 bits per heavy atom. The lowest BCUT2D eigenvalue weighted by Crippen LogP contribution is -2.15. The second-order valence-electron chi connectivity index (χ2n) is 4.02. The van der Waals surface area contributed by atoms with E-state index in [2.05, 4.69) is 4.72 Å². The Morgan fingerprint density at radius 3 is 2.52 bits per heavy atom. The van der Waals surface area contributed by atoms with Gasteiger partial charge < -0.3 is 4.74 Å². The van der Waals surface area contributed by atoms with Crippen LogP contribution in [0.5, 0.6) is 5.75 Å². The number of hydrogen-bond donors (Lipinski definition) is 1. The second-order valence-corrected chi connectivity index (χ2v) is 6.11. The highest BCUT2D eigenvalue weighted by molar-refractivity contribution is 7.92. The molecule has 0 aliphatic rings. The minimum absolute atomic E-state index is 0.0219. The highest BCUT2D eigenvalue weighted by Crippen LogP contribution is 2.30. The number of halogens is 3. The molecule has 0 aliphatic carbocycles. The lowest BCUT2D eigenvalue weighted by atomic mass is 10.3. The average molecular weight is 334 g/mol. The third kappa shape index (κ3) is 3.43. The highest BCUT2D eigenvalue weighted by atomic mass is 35.5. The molecule has 0 bridgehead atoms. The molecule has 0 unspecified atom stereocenters. The smallest absolute Gasteiger partial charge is 0.265 e. The number of benzene rings is 2. The van der Waals surface area contributed by atoms with Crippen LogP contribution in [-0.2, 0) is 10.0 Å². The summed E-state index contributed by atoms with van der Waals surface area (Å²) >= 11 is 5.78. The molecule has 21 heavy (non-hydrogen) atoms. The van der Waals surface area contributed by atoms with Crippen molar-refractivity contribution in [3.05, 3.63) is 53.1 Å². The number of ether oxygens (including phenoxy) is 1. The van der Waals surface area contributed by atoms with Crippen LogP contribution in [0.15, 0.2) is 41.3 Å². The quantitative estimate of drug-likeness (QED) is 0.932. The lowest BCUT2D eigenvalue weighted by molar-refractivity contribution is 0.417. The van der Waals surface area contributed by atoms with E-state index in [1.54, 1.807) is 0 Å². The Morgan fingerprint density at radius 2 is 1.86 bits per heavy atom. The first kappa shape index (κ1) is 15.5. The zero-order chi connectivity index (χ0) is 15.6. The van der Waals surface area contributed by atoms with Gasteiger partial charge in [0.05, 0.1) is 12.8 Å². The molecule has 0 heterocycles. The standard InChI is InChI=1S/C13H10ClF2NO3S/c1-20-12-5-2-8(14)6-11(12)17-21(18,19)13-7-9(15)3-4-10(13)16/h2-7,17H,1H3. The molecule has 0 saturated carbocycles. The van der Waals surface area contributed by atoms with E-state index in [1.165, 1.54) is 25.3 Å². The largest absolute Gasteiger partial charge is 0.495 e. The zero-order valence-corrected chi connectivity index (χ0v) is 12.3. The maximum atomic E-state index is 13.6. The van der Waals surface area contributed by atoms with Gasteiger partial charge in [-0.2, -0.15) is 0 Å². The lowest BCUT2D eigenvalue weighted by Gasteiger charge is -2.12. The van der Waals surface area contributed by atoms with Crippen LogP contribution in [0.2, 0.25) is 5.02 Å². The molecule has 2 rings (SSSR count). The van der Waals surface area contributed by atoms with Gasteiger partial charge in [-0.15, -0.1) is 0 Å². The molecule has 112 valence electrons. The monoisotopic (exact) mass is 333 g/mol. The van der Waals surface area contributed by atoms with Crippen LogP contribution in [0.1, 0.15) is 0 Å². The maximum Gasteiger partial charge on any atom is 0.265 e. The predicted molar refractivity (Wildman–Crippen MR) is 75.2 cm³/mol. The molecule has 0 fully saturated rings. The molecule has 2 aromatic rings. The minimum atomic E-state index is -4.32. The minimum Gasteiger partial charge on any atom is -0.495 e. The van der Waals surface area contributed by atoms with E-state index in [0.29, 0.717) is 6.07 Å². The molecule has 4 nitrogen and oxygen atoms in total. The van der Waals surface area contributed by atoms with Crippen LogP contribution in [0.4, 0.5) is 14.5 Å². The summed E-state index contributed by atoms with van der Waals surface area (Å²) < 4.78 is 58.1. The van der Waals surface area contributed by atoms with Crippen molar-refractivity contribution < 1.29 is 21.9 Å². The zero-order valence-electron chi connectivity index (χ0n) is 10.7. The fraction of sp³-hybridized carbons (Fsp3) is 0.0769. The van der Waals surface area contributed by atoms with Gasteiger partial charge >= 0.3 is 0 Å². The van der Waals surface area contributed by atoms with Gasteiger partial charge in [-0.25, -0.2) is 17.2 Å². The molecular weight excluding hydrogens is 324 g/mol. The Balaban J connectivity index is 2.47. The number of sulfonamides is 1. The van der Waals surface area contributed by atoms with Crippen LogP contribution >= 0.6 is 11.6 Å². The van der Waals surface area contributed by atoms with E-state index in [-0.39, 0.29) is 16.5 Å². The fourth-order valence-corrected chi connectivity index (χ4v) is 2.97. The highest BCUT2D eigenvalue weighted by Gasteiger charge is 2.21. The summed E-state index contributed by atoms with van der Waals surface area (Å²) in [7, 11) is -2.98. The van der Waals surface area contributed by atoms with Crippen LogP contribution in [0, 0.1) is 11.6 Å². The maximum absolute atomic E-state index is 13.6. The van der Waals surface area contributed by atoms with Gasteiger partial charge in [0.1, 0.15) is 22.3 Å². The van der Waals surface area contributed by atoms with Crippen molar-refractivity contribution in [1.82, 2.24) is 0 Å². The molecule has 2 aromatic carbocycles. The SMILES string of the molecule is COc1ccc(Cl)cc1NS(=O)(=O)c1cc(F)ccc1F. The van der Waals surface area contributed by atoms with Crippen molar-refractivity contribution in [2.45, 2.75) is 4.90 Å². The number of hydrogen-bond acceptors (Lipinski definition) is 3. The number of rotatable bonds is 4. The molecule has 0 radical (unpaired) electrons. The van der Waals surface area contributed by atoms with Crippen molar-refractivity contribution in [3.63, 3.8) is 0 Å². The normalized spacial score (nSPS) is 11.2. The van der Waals surface area contributed by atoms with Gasteiger partial charge in [-0.3, -0.25) is 4.72 Å². The number of anilines is 1. The van der Waals surface area contributed by atoms with Crippen LogP contribution in [0.25, 0.3) is 0 Å². The second kappa shape index (κ2) is 5.87. The predicted octanol–water partition coefficient (Wildman–Crippen LogP) is 3.43. The summed E-state index contributed by atoms with van der Waals surface area (Å²) in [5, 5.41) is 0.258. The van der Waals surface area contributed by atoms with Crippen molar-refractivity contribution >= 4 is 27.3 Å². The first-order valence-electron chi connectivity index (χ1n) is 5.65. The Labute approximate surface area is 125 Å². The van der Waals surface area contributed by atoms with Crippen molar-refractivity contribution in [2.75, 3.05) is 11.8 Å². The molecule has 0 saturated heterocycles. The van der Waals surface area contributed by atoms with E-state index in [1.807, 2.05) is 0 Å². The Bertz CT molecular complexity index is 781. The van der Waals surface area contributed by atoms with Gasteiger partial charge in [0.2, 0.25) is 0 Å². The van der Waals surface area contributed by atoms with Crippen LogP contribution < -0.4 is 9.46 Å². The summed E-state index contributed by atoms with van der Waals surface area (Å²) in [5.41, 5.74) is 0.0219. The van der Waals surface area contributed by atoms with Gasteiger partial charge in [-0.05, 0) is 36.4 Å². The molecule has 1 N–H and O–H groups in total. The van der Waals surface area contributed by atoms with Crippen LogP contribution in [-0.4, -0.2) is 15.5 Å². The summed E-state index contributed by atoms with van der Waals surface area (Å²) in [6.45, 7) is 0.